The van der Waals surface area contributed by atoms with Gasteiger partial charge in [-0.2, -0.15) is 11.3 Å². The van der Waals surface area contributed by atoms with Crippen LogP contribution in [0.25, 0.3) is 0 Å². The Morgan fingerprint density at radius 2 is 1.95 bits per heavy atom. The van der Waals surface area contributed by atoms with Crippen molar-refractivity contribution in [2.45, 2.75) is 39.8 Å². The zero-order valence-electron chi connectivity index (χ0n) is 11.6. The number of carbonyl (C=O) groups excluding carboxylic acids is 1. The predicted molar refractivity (Wildman–Crippen MR) is 75.3 cm³/mol. The minimum Gasteiger partial charge on any atom is -0.480 e. The number of aliphatic carboxylic acids is 1. The maximum Gasteiger partial charge on any atom is 0.326 e. The minimum atomic E-state index is -1.04. The van der Waals surface area contributed by atoms with Crippen molar-refractivity contribution in [2.24, 2.45) is 5.41 Å². The number of thiophene rings is 1. The van der Waals surface area contributed by atoms with Crippen LogP contribution in [0.4, 0.5) is 4.79 Å². The average Bonchev–Trinajstić information content (AvgIpc) is 2.77. The Kier molecular flexibility index (Phi) is 4.94. The molecule has 2 atom stereocenters. The fraction of sp³-hybridized carbons (Fsp3) is 0.538. The van der Waals surface area contributed by atoms with Crippen LogP contribution in [0.5, 0.6) is 0 Å². The second-order valence-electron chi connectivity index (χ2n) is 5.53. The summed E-state index contributed by atoms with van der Waals surface area (Å²) in [6, 6.07) is 0.373. The van der Waals surface area contributed by atoms with Gasteiger partial charge < -0.3 is 15.7 Å². The van der Waals surface area contributed by atoms with E-state index in [0.29, 0.717) is 0 Å². The molecule has 1 rings (SSSR count). The highest BCUT2D eigenvalue weighted by atomic mass is 32.1. The molecule has 1 unspecified atom stereocenters. The maximum atomic E-state index is 11.8. The summed E-state index contributed by atoms with van der Waals surface area (Å²) in [7, 11) is 0. The Bertz CT molecular complexity index is 437. The highest BCUT2D eigenvalue weighted by Crippen LogP contribution is 2.20. The fourth-order valence-corrected chi connectivity index (χ4v) is 2.38. The lowest BCUT2D eigenvalue weighted by Gasteiger charge is -2.28. The monoisotopic (exact) mass is 284 g/mol. The first-order valence-electron chi connectivity index (χ1n) is 6.03. The van der Waals surface area contributed by atoms with Crippen LogP contribution in [0, 0.1) is 5.41 Å². The second-order valence-corrected chi connectivity index (χ2v) is 6.31. The van der Waals surface area contributed by atoms with E-state index in [9.17, 15) is 9.59 Å². The third kappa shape index (κ3) is 4.55. The summed E-state index contributed by atoms with van der Waals surface area (Å²) in [5, 5.41) is 18.3. The number of carboxylic acids is 1. The largest absolute Gasteiger partial charge is 0.480 e. The molecule has 5 nitrogen and oxygen atoms in total. The van der Waals surface area contributed by atoms with E-state index in [0.717, 1.165) is 5.56 Å². The van der Waals surface area contributed by atoms with Gasteiger partial charge in [0.1, 0.15) is 6.04 Å². The third-order valence-electron chi connectivity index (χ3n) is 2.78. The van der Waals surface area contributed by atoms with E-state index in [2.05, 4.69) is 10.6 Å². The Morgan fingerprint density at radius 3 is 2.37 bits per heavy atom. The fourth-order valence-electron chi connectivity index (χ4n) is 1.62. The van der Waals surface area contributed by atoms with Crippen LogP contribution < -0.4 is 10.6 Å². The van der Waals surface area contributed by atoms with Crippen molar-refractivity contribution in [3.05, 3.63) is 22.4 Å². The Morgan fingerprint density at radius 1 is 1.32 bits per heavy atom. The number of urea groups is 1. The lowest BCUT2D eigenvalue weighted by Crippen LogP contribution is -2.52. The topological polar surface area (TPSA) is 78.4 Å². The molecule has 0 saturated heterocycles. The summed E-state index contributed by atoms with van der Waals surface area (Å²) >= 11 is 1.55. The smallest absolute Gasteiger partial charge is 0.326 e. The summed E-state index contributed by atoms with van der Waals surface area (Å²) in [4.78, 5) is 23.0. The molecule has 0 aliphatic carbocycles. The van der Waals surface area contributed by atoms with Gasteiger partial charge >= 0.3 is 12.0 Å². The van der Waals surface area contributed by atoms with E-state index in [-0.39, 0.29) is 6.04 Å². The summed E-state index contributed by atoms with van der Waals surface area (Å²) < 4.78 is 0. The number of hydrogen-bond donors (Lipinski definition) is 3. The average molecular weight is 284 g/mol. The van der Waals surface area contributed by atoms with Gasteiger partial charge in [-0.05, 0) is 34.7 Å². The van der Waals surface area contributed by atoms with Crippen molar-refractivity contribution < 1.29 is 14.7 Å². The van der Waals surface area contributed by atoms with Gasteiger partial charge in [0.15, 0.2) is 0 Å². The normalized spacial score (nSPS) is 14.5. The summed E-state index contributed by atoms with van der Waals surface area (Å²) in [6.07, 6.45) is 0. The van der Waals surface area contributed by atoms with Crippen LogP contribution in [-0.2, 0) is 4.79 Å². The number of amides is 2. The molecule has 0 aliphatic rings. The molecule has 0 aromatic carbocycles. The quantitative estimate of drug-likeness (QED) is 0.795. The van der Waals surface area contributed by atoms with E-state index in [1.807, 2.05) is 23.8 Å². The molecule has 1 aromatic rings. The molecule has 0 spiro atoms. The lowest BCUT2D eigenvalue weighted by molar-refractivity contribution is -0.141. The highest BCUT2D eigenvalue weighted by Gasteiger charge is 2.32. The van der Waals surface area contributed by atoms with E-state index in [1.165, 1.54) is 0 Å². The Labute approximate surface area is 117 Å². The zero-order chi connectivity index (χ0) is 14.6. The first-order valence-corrected chi connectivity index (χ1v) is 6.98. The molecule has 6 heteroatoms. The zero-order valence-corrected chi connectivity index (χ0v) is 12.4. The third-order valence-corrected chi connectivity index (χ3v) is 3.48. The lowest BCUT2D eigenvalue weighted by atomic mass is 9.87. The minimum absolute atomic E-state index is 0.152. The number of carboxylic acid groups (broad SMARTS) is 1. The van der Waals surface area contributed by atoms with Crippen LogP contribution in [0.15, 0.2) is 16.8 Å². The van der Waals surface area contributed by atoms with Crippen LogP contribution in [0.2, 0.25) is 0 Å². The van der Waals surface area contributed by atoms with Crippen molar-refractivity contribution in [1.29, 1.82) is 0 Å². The number of carbonyl (C=O) groups is 2. The molecule has 19 heavy (non-hydrogen) atoms. The molecule has 106 valence electrons. The van der Waals surface area contributed by atoms with Crippen LogP contribution in [0.1, 0.15) is 39.3 Å². The first-order chi connectivity index (χ1) is 8.71. The highest BCUT2D eigenvalue weighted by molar-refractivity contribution is 7.07. The van der Waals surface area contributed by atoms with Gasteiger partial charge in [-0.3, -0.25) is 0 Å². The molecule has 0 radical (unpaired) electrons. The van der Waals surface area contributed by atoms with E-state index in [4.69, 9.17) is 5.11 Å². The number of rotatable bonds is 4. The predicted octanol–water partition coefficient (Wildman–Crippen LogP) is 2.61. The molecule has 3 N–H and O–H groups in total. The van der Waals surface area contributed by atoms with Crippen molar-refractivity contribution >= 4 is 23.3 Å². The Hall–Kier alpha value is -1.56. The summed E-state index contributed by atoms with van der Waals surface area (Å²) in [5.41, 5.74) is 0.456. The van der Waals surface area contributed by atoms with E-state index in [1.54, 1.807) is 32.1 Å². The van der Waals surface area contributed by atoms with E-state index < -0.39 is 23.5 Å². The molecule has 0 aliphatic heterocycles. The first kappa shape index (κ1) is 15.5. The van der Waals surface area contributed by atoms with Crippen molar-refractivity contribution in [3.63, 3.8) is 0 Å². The van der Waals surface area contributed by atoms with Crippen molar-refractivity contribution in [1.82, 2.24) is 10.6 Å². The van der Waals surface area contributed by atoms with Gasteiger partial charge in [0.2, 0.25) is 0 Å². The second kappa shape index (κ2) is 6.06. The SMILES string of the molecule is CC(NC(=O)N[C@H](C(=O)O)C(C)(C)C)c1ccsc1. The molecule has 0 saturated carbocycles. The van der Waals surface area contributed by atoms with Crippen LogP contribution in [-0.4, -0.2) is 23.1 Å². The molecule has 1 heterocycles. The number of nitrogens with one attached hydrogen (secondary N) is 2. The molecular weight excluding hydrogens is 264 g/mol. The molecule has 2 amide bonds. The van der Waals surface area contributed by atoms with Crippen molar-refractivity contribution in [2.75, 3.05) is 0 Å². The van der Waals surface area contributed by atoms with Gasteiger partial charge in [-0.25, -0.2) is 9.59 Å². The van der Waals surface area contributed by atoms with Gasteiger partial charge in [0.25, 0.3) is 0 Å². The van der Waals surface area contributed by atoms with Crippen LogP contribution in [0.3, 0.4) is 0 Å². The molecular formula is C13H20N2O3S. The van der Waals surface area contributed by atoms with Gasteiger partial charge in [-0.1, -0.05) is 20.8 Å². The van der Waals surface area contributed by atoms with Crippen LogP contribution >= 0.6 is 11.3 Å². The summed E-state index contributed by atoms with van der Waals surface area (Å²) in [6.45, 7) is 7.17. The Balaban J connectivity index is 2.61. The van der Waals surface area contributed by atoms with Crippen molar-refractivity contribution in [3.8, 4) is 0 Å². The number of hydrogen-bond acceptors (Lipinski definition) is 3. The molecule has 1 aromatic heterocycles. The van der Waals surface area contributed by atoms with E-state index >= 15 is 0 Å². The van der Waals surface area contributed by atoms with Gasteiger partial charge in [-0.15, -0.1) is 0 Å². The maximum absolute atomic E-state index is 11.8. The summed E-state index contributed by atoms with van der Waals surface area (Å²) in [5.74, 6) is -1.04. The standard InChI is InChI=1S/C13H20N2O3S/c1-8(9-5-6-19-7-9)14-12(18)15-10(11(16)17)13(2,3)4/h5-8,10H,1-4H3,(H,16,17)(H2,14,15,18)/t8?,10-/m1/s1. The molecule has 0 fully saturated rings. The molecule has 0 bridgehead atoms. The van der Waals surface area contributed by atoms with Gasteiger partial charge in [0.05, 0.1) is 6.04 Å². The van der Waals surface area contributed by atoms with Gasteiger partial charge in [0, 0.05) is 0 Å².